The van der Waals surface area contributed by atoms with Gasteiger partial charge in [-0.3, -0.25) is 0 Å². The number of hydrogen-bond donors (Lipinski definition) is 0. The van der Waals surface area contributed by atoms with Gasteiger partial charge in [0.05, 0.1) is 16.4 Å². The molecular formula is C18H16N4O2S2. The maximum Gasteiger partial charge on any atom is 0.236 e. The highest BCUT2D eigenvalue weighted by Gasteiger charge is 2.12. The van der Waals surface area contributed by atoms with Crippen LogP contribution in [0.15, 0.2) is 50.8 Å². The summed E-state index contributed by atoms with van der Waals surface area (Å²) in [5.74, 6) is 3.61. The zero-order valence-corrected chi connectivity index (χ0v) is 15.7. The molecule has 1 aromatic carbocycles. The van der Waals surface area contributed by atoms with E-state index < -0.39 is 0 Å². The van der Waals surface area contributed by atoms with Crippen LogP contribution in [0.4, 0.5) is 0 Å². The molecule has 0 fully saturated rings. The molecule has 0 N–H and O–H groups in total. The Morgan fingerprint density at radius 1 is 0.923 bits per heavy atom. The molecule has 0 atom stereocenters. The summed E-state index contributed by atoms with van der Waals surface area (Å²) in [5.41, 5.74) is 2.24. The lowest BCUT2D eigenvalue weighted by molar-refractivity contribution is 0.389. The van der Waals surface area contributed by atoms with E-state index in [1.165, 1.54) is 5.56 Å². The van der Waals surface area contributed by atoms with Crippen molar-refractivity contribution in [3.05, 3.63) is 59.1 Å². The highest BCUT2D eigenvalue weighted by molar-refractivity contribution is 7.97. The van der Waals surface area contributed by atoms with Crippen molar-refractivity contribution < 1.29 is 9.05 Å². The third-order valence-electron chi connectivity index (χ3n) is 3.75. The zero-order valence-electron chi connectivity index (χ0n) is 14.1. The van der Waals surface area contributed by atoms with Crippen molar-refractivity contribution in [3.63, 3.8) is 0 Å². The van der Waals surface area contributed by atoms with Crippen LogP contribution in [-0.2, 0) is 17.9 Å². The Morgan fingerprint density at radius 2 is 1.62 bits per heavy atom. The normalized spacial score (nSPS) is 11.1. The molecule has 4 rings (SSSR count). The van der Waals surface area contributed by atoms with Crippen LogP contribution in [0.2, 0.25) is 0 Å². The van der Waals surface area contributed by atoms with Gasteiger partial charge >= 0.3 is 0 Å². The van der Waals surface area contributed by atoms with E-state index in [4.69, 9.17) is 9.05 Å². The van der Waals surface area contributed by atoms with Crippen LogP contribution >= 0.6 is 23.1 Å². The topological polar surface area (TPSA) is 77.8 Å². The molecule has 132 valence electrons. The van der Waals surface area contributed by atoms with Gasteiger partial charge in [-0.2, -0.15) is 9.97 Å². The number of rotatable bonds is 7. The minimum atomic E-state index is 0.586. The number of benzene rings is 1. The Balaban J connectivity index is 1.33. The Kier molecular flexibility index (Phi) is 5.12. The van der Waals surface area contributed by atoms with Gasteiger partial charge in [-0.15, -0.1) is 23.1 Å². The van der Waals surface area contributed by atoms with Crippen molar-refractivity contribution in [1.29, 1.82) is 0 Å². The van der Waals surface area contributed by atoms with Crippen LogP contribution in [0.25, 0.3) is 22.1 Å². The first-order valence-electron chi connectivity index (χ1n) is 8.18. The molecule has 0 saturated carbocycles. The molecule has 0 bridgehead atoms. The second kappa shape index (κ2) is 7.84. The highest BCUT2D eigenvalue weighted by Crippen LogP contribution is 2.24. The van der Waals surface area contributed by atoms with Gasteiger partial charge in [-0.25, -0.2) is 0 Å². The molecule has 3 heterocycles. The summed E-state index contributed by atoms with van der Waals surface area (Å²) >= 11 is 3.18. The lowest BCUT2D eigenvalue weighted by atomic mass is 10.1. The van der Waals surface area contributed by atoms with Crippen LogP contribution in [0.1, 0.15) is 24.3 Å². The molecule has 0 spiro atoms. The Hall–Kier alpha value is -2.45. The fourth-order valence-corrected chi connectivity index (χ4v) is 3.70. The van der Waals surface area contributed by atoms with Gasteiger partial charge in [0.1, 0.15) is 0 Å². The molecule has 0 aliphatic carbocycles. The zero-order chi connectivity index (χ0) is 17.8. The first-order chi connectivity index (χ1) is 12.8. The quantitative estimate of drug-likeness (QED) is 0.451. The number of aromatic nitrogens is 4. The number of thiophene rings is 1. The average molecular weight is 384 g/mol. The van der Waals surface area contributed by atoms with Crippen molar-refractivity contribution in [1.82, 2.24) is 20.3 Å². The van der Waals surface area contributed by atoms with Crippen molar-refractivity contribution in [3.8, 4) is 22.1 Å². The van der Waals surface area contributed by atoms with Crippen molar-refractivity contribution >= 4 is 23.1 Å². The SMILES string of the molecule is CCc1ccc(-c2noc(CSCc3nc(-c4cccs4)no3)n2)cc1. The molecule has 6 nitrogen and oxygen atoms in total. The van der Waals surface area contributed by atoms with Gasteiger partial charge in [0, 0.05) is 5.56 Å². The minimum Gasteiger partial charge on any atom is -0.338 e. The molecule has 0 saturated heterocycles. The summed E-state index contributed by atoms with van der Waals surface area (Å²) in [6, 6.07) is 12.1. The summed E-state index contributed by atoms with van der Waals surface area (Å²) in [5, 5.41) is 10.0. The molecule has 0 unspecified atom stereocenters. The van der Waals surface area contributed by atoms with Crippen molar-refractivity contribution in [2.75, 3.05) is 0 Å². The average Bonchev–Trinajstić information content (AvgIpc) is 3.43. The molecule has 0 amide bonds. The lowest BCUT2D eigenvalue weighted by Crippen LogP contribution is -1.86. The van der Waals surface area contributed by atoms with Crippen LogP contribution in [0.3, 0.4) is 0 Å². The van der Waals surface area contributed by atoms with Gasteiger partial charge in [-0.1, -0.05) is 47.6 Å². The minimum absolute atomic E-state index is 0.586. The van der Waals surface area contributed by atoms with Crippen molar-refractivity contribution in [2.45, 2.75) is 24.9 Å². The van der Waals surface area contributed by atoms with Gasteiger partial charge in [0.2, 0.25) is 23.4 Å². The third-order valence-corrected chi connectivity index (χ3v) is 5.52. The Morgan fingerprint density at radius 3 is 2.27 bits per heavy atom. The second-order valence-electron chi connectivity index (χ2n) is 5.54. The van der Waals surface area contributed by atoms with Crippen LogP contribution in [0.5, 0.6) is 0 Å². The predicted molar refractivity (Wildman–Crippen MR) is 102 cm³/mol. The molecule has 0 aliphatic rings. The molecule has 26 heavy (non-hydrogen) atoms. The van der Waals surface area contributed by atoms with E-state index in [2.05, 4.69) is 39.3 Å². The van der Waals surface area contributed by atoms with Gasteiger partial charge in [0.15, 0.2) is 0 Å². The highest BCUT2D eigenvalue weighted by atomic mass is 32.2. The van der Waals surface area contributed by atoms with E-state index in [0.29, 0.717) is 34.9 Å². The van der Waals surface area contributed by atoms with E-state index in [1.807, 2.05) is 29.6 Å². The Bertz CT molecular complexity index is 961. The maximum absolute atomic E-state index is 5.33. The molecule has 3 aromatic heterocycles. The van der Waals surface area contributed by atoms with E-state index in [0.717, 1.165) is 16.9 Å². The largest absolute Gasteiger partial charge is 0.338 e. The number of nitrogens with zero attached hydrogens (tertiary/aromatic N) is 4. The van der Waals surface area contributed by atoms with Crippen LogP contribution in [0, 0.1) is 0 Å². The van der Waals surface area contributed by atoms with Gasteiger partial charge in [-0.05, 0) is 23.4 Å². The van der Waals surface area contributed by atoms with Gasteiger partial charge < -0.3 is 9.05 Å². The van der Waals surface area contributed by atoms with E-state index in [9.17, 15) is 0 Å². The predicted octanol–water partition coefficient (Wildman–Crippen LogP) is 4.84. The number of hydrogen-bond acceptors (Lipinski definition) is 8. The molecule has 8 heteroatoms. The molecule has 0 aliphatic heterocycles. The second-order valence-corrected chi connectivity index (χ2v) is 7.48. The first-order valence-corrected chi connectivity index (χ1v) is 10.2. The molecule has 4 aromatic rings. The summed E-state index contributed by atoms with van der Waals surface area (Å²) < 4.78 is 10.6. The van der Waals surface area contributed by atoms with E-state index >= 15 is 0 Å². The van der Waals surface area contributed by atoms with Gasteiger partial charge in [0.25, 0.3) is 0 Å². The monoisotopic (exact) mass is 384 g/mol. The Labute approximate surface area is 158 Å². The molecule has 0 radical (unpaired) electrons. The van der Waals surface area contributed by atoms with Crippen LogP contribution < -0.4 is 0 Å². The van der Waals surface area contributed by atoms with E-state index in [-0.39, 0.29) is 0 Å². The summed E-state index contributed by atoms with van der Waals surface area (Å²) in [6.07, 6.45) is 1.01. The van der Waals surface area contributed by atoms with E-state index in [1.54, 1.807) is 23.1 Å². The summed E-state index contributed by atoms with van der Waals surface area (Å²) in [6.45, 7) is 2.13. The molecular weight excluding hydrogens is 368 g/mol. The summed E-state index contributed by atoms with van der Waals surface area (Å²) in [4.78, 5) is 9.85. The van der Waals surface area contributed by atoms with Crippen LogP contribution in [-0.4, -0.2) is 20.3 Å². The smallest absolute Gasteiger partial charge is 0.236 e. The first kappa shape index (κ1) is 17.0. The number of thioether (sulfide) groups is 1. The fraction of sp³-hybridized carbons (Fsp3) is 0.222. The number of aryl methyl sites for hydroxylation is 1. The standard InChI is InChI=1S/C18H16N4O2S2/c1-2-12-5-7-13(8-6-12)17-19-15(23-21-17)10-25-11-16-20-18(22-24-16)14-4-3-9-26-14/h3-9H,2,10-11H2,1H3. The third kappa shape index (κ3) is 3.86. The van der Waals surface area contributed by atoms with Crippen molar-refractivity contribution in [2.24, 2.45) is 0 Å². The lowest BCUT2D eigenvalue weighted by Gasteiger charge is -1.97. The maximum atomic E-state index is 5.33. The fourth-order valence-electron chi connectivity index (χ4n) is 2.37. The summed E-state index contributed by atoms with van der Waals surface area (Å²) in [7, 11) is 0.